The predicted molar refractivity (Wildman–Crippen MR) is 132 cm³/mol. The van der Waals surface area contributed by atoms with Crippen LogP contribution in [0.2, 0.25) is 0 Å². The monoisotopic (exact) mass is 435 g/mol. The lowest BCUT2D eigenvalue weighted by Gasteiger charge is -2.32. The first-order valence-electron chi connectivity index (χ1n) is 11.9. The Morgan fingerprint density at radius 3 is 2.34 bits per heavy atom. The zero-order valence-electron chi connectivity index (χ0n) is 19.6. The molecule has 0 radical (unpaired) electrons. The van der Waals surface area contributed by atoms with Crippen LogP contribution < -0.4 is 10.6 Å². The highest BCUT2D eigenvalue weighted by atomic mass is 16.3. The number of ketones is 1. The molecule has 172 valence electrons. The first-order valence-corrected chi connectivity index (χ1v) is 11.9. The number of benzene rings is 2. The number of aliphatic hydroxyl groups excluding tert-OH is 1. The van der Waals surface area contributed by atoms with Crippen LogP contribution in [0.4, 0.5) is 5.69 Å². The molecule has 1 heterocycles. The van der Waals surface area contributed by atoms with Gasteiger partial charge in [-0.1, -0.05) is 88.1 Å². The van der Waals surface area contributed by atoms with Gasteiger partial charge < -0.3 is 15.7 Å². The van der Waals surface area contributed by atoms with Crippen LogP contribution in [0.3, 0.4) is 0 Å². The number of likely N-dealkylation sites (N-methyl/N-ethyl adjacent to an activating group) is 1. The average molecular weight is 436 g/mol. The Kier molecular flexibility index (Phi) is 8.60. The molecule has 0 saturated carbocycles. The molecular weight excluding hydrogens is 398 g/mol. The molecule has 3 N–H and O–H groups in total. The van der Waals surface area contributed by atoms with Gasteiger partial charge in [-0.25, -0.2) is 0 Å². The summed E-state index contributed by atoms with van der Waals surface area (Å²) in [5.74, 6) is -0.504. The maximum Gasteiger partial charge on any atom is 0.166 e. The molecule has 0 bridgehead atoms. The van der Waals surface area contributed by atoms with Crippen LogP contribution in [-0.4, -0.2) is 42.0 Å². The standard InChI is InChI=1S/C27H37N3O2/c1-4-6-15-21(23(31)18-7-5-2)26(32)25-27(28)30(3)22-17-12-11-16-20(22)24(29-25)19-13-9-8-10-14-19/h8-14,16-17,21,23,25,27,31H,4-7,15,18,28H2,1-3H3/t21?,23?,25-,27?/m1/s1. The normalized spacial score (nSPS) is 20.2. The number of hydrogen-bond donors (Lipinski definition) is 2. The van der Waals surface area contributed by atoms with Crippen LogP contribution in [-0.2, 0) is 4.79 Å². The maximum absolute atomic E-state index is 13.9. The lowest BCUT2D eigenvalue weighted by atomic mass is 9.85. The van der Waals surface area contributed by atoms with E-state index in [9.17, 15) is 9.90 Å². The summed E-state index contributed by atoms with van der Waals surface area (Å²) in [6.45, 7) is 4.20. The molecule has 0 spiro atoms. The number of para-hydroxylation sites is 1. The van der Waals surface area contributed by atoms with Crippen LogP contribution in [0, 0.1) is 5.92 Å². The van der Waals surface area contributed by atoms with Gasteiger partial charge in [-0.15, -0.1) is 0 Å². The number of rotatable bonds is 10. The molecular formula is C27H37N3O2. The summed E-state index contributed by atoms with van der Waals surface area (Å²) in [6, 6.07) is 17.2. The summed E-state index contributed by atoms with van der Waals surface area (Å²) in [7, 11) is 1.92. The minimum absolute atomic E-state index is 0.0531. The molecule has 1 aliphatic rings. The van der Waals surface area contributed by atoms with Gasteiger partial charge in [0.25, 0.3) is 0 Å². The summed E-state index contributed by atoms with van der Waals surface area (Å²) in [6.07, 6.45) is 3.79. The lowest BCUT2D eigenvalue weighted by molar-refractivity contribution is -0.128. The van der Waals surface area contributed by atoms with Crippen LogP contribution >= 0.6 is 0 Å². The maximum atomic E-state index is 13.9. The quantitative estimate of drug-likeness (QED) is 0.574. The van der Waals surface area contributed by atoms with Gasteiger partial charge in [0.1, 0.15) is 12.2 Å². The highest BCUT2D eigenvalue weighted by Crippen LogP contribution is 2.31. The second kappa shape index (κ2) is 11.4. The van der Waals surface area contributed by atoms with Crippen molar-refractivity contribution in [1.82, 2.24) is 0 Å². The molecule has 0 aliphatic carbocycles. The van der Waals surface area contributed by atoms with Crippen molar-refractivity contribution >= 4 is 17.2 Å². The summed E-state index contributed by atoms with van der Waals surface area (Å²) in [4.78, 5) is 20.8. The van der Waals surface area contributed by atoms with Gasteiger partial charge in [0.15, 0.2) is 5.78 Å². The van der Waals surface area contributed by atoms with Crippen LogP contribution in [0.25, 0.3) is 0 Å². The molecule has 32 heavy (non-hydrogen) atoms. The van der Waals surface area contributed by atoms with E-state index in [2.05, 4.69) is 13.8 Å². The van der Waals surface area contributed by atoms with E-state index < -0.39 is 24.2 Å². The van der Waals surface area contributed by atoms with Gasteiger partial charge in [0, 0.05) is 29.8 Å². The van der Waals surface area contributed by atoms with E-state index in [1.807, 2.05) is 66.5 Å². The number of carbonyl (C=O) groups excluding carboxylic acids is 1. The van der Waals surface area contributed by atoms with Gasteiger partial charge in [-0.05, 0) is 18.9 Å². The summed E-state index contributed by atoms with van der Waals surface area (Å²) < 4.78 is 0. The number of aliphatic hydroxyl groups is 1. The molecule has 5 nitrogen and oxygen atoms in total. The minimum Gasteiger partial charge on any atom is -0.392 e. The summed E-state index contributed by atoms with van der Waals surface area (Å²) in [5, 5.41) is 10.9. The van der Waals surface area contributed by atoms with Crippen LogP contribution in [0.5, 0.6) is 0 Å². The molecule has 4 atom stereocenters. The Morgan fingerprint density at radius 2 is 1.66 bits per heavy atom. The van der Waals surface area contributed by atoms with E-state index in [-0.39, 0.29) is 5.78 Å². The number of nitrogens with zero attached hydrogens (tertiary/aromatic N) is 2. The number of carbonyl (C=O) groups is 1. The minimum atomic E-state index is -0.749. The second-order valence-corrected chi connectivity index (χ2v) is 8.77. The number of hydrogen-bond acceptors (Lipinski definition) is 5. The molecule has 0 amide bonds. The Balaban J connectivity index is 2.06. The van der Waals surface area contributed by atoms with Crippen molar-refractivity contribution in [2.75, 3.05) is 11.9 Å². The first-order chi connectivity index (χ1) is 15.5. The van der Waals surface area contributed by atoms with E-state index in [4.69, 9.17) is 10.7 Å². The largest absolute Gasteiger partial charge is 0.392 e. The highest BCUT2D eigenvalue weighted by molar-refractivity contribution is 6.17. The van der Waals surface area contributed by atoms with Crippen molar-refractivity contribution in [3.8, 4) is 0 Å². The third kappa shape index (κ3) is 5.28. The van der Waals surface area contributed by atoms with Crippen LogP contribution in [0.1, 0.15) is 63.5 Å². The van der Waals surface area contributed by atoms with E-state index in [1.54, 1.807) is 0 Å². The SMILES string of the molecule is CCCCC(O)C(CCCC)C(=O)[C@H]1N=C(c2ccccc2)c2ccccc2N(C)C1N. The lowest BCUT2D eigenvalue weighted by Crippen LogP contribution is -2.53. The number of benzodiazepines with no additional fused rings is 1. The van der Waals surface area contributed by atoms with Crippen molar-refractivity contribution in [2.24, 2.45) is 16.6 Å². The number of aliphatic imine (C=N–C) groups is 1. The molecule has 0 fully saturated rings. The van der Waals surface area contributed by atoms with Crippen molar-refractivity contribution in [3.05, 3.63) is 65.7 Å². The fourth-order valence-corrected chi connectivity index (χ4v) is 4.48. The smallest absolute Gasteiger partial charge is 0.166 e. The van der Waals surface area contributed by atoms with E-state index in [0.29, 0.717) is 12.8 Å². The fourth-order valence-electron chi connectivity index (χ4n) is 4.48. The number of fused-ring (bicyclic) bond motifs is 1. The predicted octanol–water partition coefficient (Wildman–Crippen LogP) is 4.55. The Labute approximate surface area is 192 Å². The molecule has 2 aromatic carbocycles. The number of anilines is 1. The van der Waals surface area contributed by atoms with Crippen molar-refractivity contribution in [1.29, 1.82) is 0 Å². The summed E-state index contributed by atoms with van der Waals surface area (Å²) >= 11 is 0. The third-order valence-corrected chi connectivity index (χ3v) is 6.47. The Hall–Kier alpha value is -2.50. The van der Waals surface area contributed by atoms with Gasteiger partial charge >= 0.3 is 0 Å². The van der Waals surface area contributed by atoms with Crippen LogP contribution in [0.15, 0.2) is 59.6 Å². The van der Waals surface area contributed by atoms with E-state index in [0.717, 1.165) is 48.2 Å². The van der Waals surface area contributed by atoms with Gasteiger partial charge in [-0.3, -0.25) is 9.79 Å². The Bertz CT molecular complexity index is 912. The van der Waals surface area contributed by atoms with Gasteiger partial charge in [0.2, 0.25) is 0 Å². The summed E-state index contributed by atoms with van der Waals surface area (Å²) in [5.41, 5.74) is 10.3. The molecule has 2 aromatic rings. The molecule has 3 rings (SSSR count). The first kappa shape index (κ1) is 24.1. The molecule has 0 aromatic heterocycles. The average Bonchev–Trinajstić information content (AvgIpc) is 2.93. The Morgan fingerprint density at radius 1 is 1.03 bits per heavy atom. The topological polar surface area (TPSA) is 78.9 Å². The molecule has 1 aliphatic heterocycles. The van der Waals surface area contributed by atoms with Crippen molar-refractivity contribution in [2.45, 2.75) is 70.7 Å². The fraction of sp³-hybridized carbons (Fsp3) is 0.481. The molecule has 0 saturated heterocycles. The zero-order chi connectivity index (χ0) is 23.1. The van der Waals surface area contributed by atoms with Gasteiger partial charge in [0.05, 0.1) is 11.8 Å². The molecule has 5 heteroatoms. The molecule has 3 unspecified atom stereocenters. The van der Waals surface area contributed by atoms with Crippen molar-refractivity contribution < 1.29 is 9.90 Å². The van der Waals surface area contributed by atoms with E-state index >= 15 is 0 Å². The van der Waals surface area contributed by atoms with Gasteiger partial charge in [-0.2, -0.15) is 0 Å². The number of Topliss-reactive ketones (excluding diaryl/α,β-unsaturated/α-hetero) is 1. The second-order valence-electron chi connectivity index (χ2n) is 8.77. The number of unbranched alkanes of at least 4 members (excludes halogenated alkanes) is 2. The van der Waals surface area contributed by atoms with E-state index in [1.165, 1.54) is 0 Å². The van der Waals surface area contributed by atoms with Crippen molar-refractivity contribution in [3.63, 3.8) is 0 Å². The number of nitrogens with two attached hydrogens (primary N) is 1. The third-order valence-electron chi connectivity index (χ3n) is 6.47. The zero-order valence-corrected chi connectivity index (χ0v) is 19.6. The highest BCUT2D eigenvalue weighted by Gasteiger charge is 2.38.